The molecule has 28 heavy (non-hydrogen) atoms. The minimum Gasteiger partial charge on any atom is -0.388 e. The minimum absolute atomic E-state index is 0.209. The summed E-state index contributed by atoms with van der Waals surface area (Å²) in [5.41, 5.74) is 3.93. The molecule has 0 unspecified atom stereocenters. The van der Waals surface area contributed by atoms with E-state index in [0.717, 1.165) is 45.0 Å². The molecule has 0 aromatic carbocycles. The van der Waals surface area contributed by atoms with Crippen LogP contribution >= 0.6 is 0 Å². The molecule has 1 aliphatic rings. The number of nitrogens with one attached hydrogen (secondary N) is 1. The molecule has 0 saturated carbocycles. The number of amidine groups is 1. The number of anilines is 1. The monoisotopic (exact) mass is 400 g/mol. The topological polar surface area (TPSA) is 82.1 Å². The molecule has 9 heteroatoms. The highest BCUT2D eigenvalue weighted by molar-refractivity contribution is 5.76. The molecule has 1 fully saturated rings. The second kappa shape index (κ2) is 9.07. The van der Waals surface area contributed by atoms with Crippen molar-refractivity contribution in [2.45, 2.75) is 58.0 Å². The van der Waals surface area contributed by atoms with Gasteiger partial charge in [-0.25, -0.2) is 9.97 Å². The lowest BCUT2D eigenvalue weighted by molar-refractivity contribution is -0.141. The van der Waals surface area contributed by atoms with Crippen LogP contribution in [0.15, 0.2) is 6.07 Å². The summed E-state index contributed by atoms with van der Waals surface area (Å²) in [4.78, 5) is 12.5. The largest absolute Gasteiger partial charge is 0.433 e. The van der Waals surface area contributed by atoms with Crippen LogP contribution in [0.3, 0.4) is 0 Å². The third kappa shape index (κ3) is 6.61. The fourth-order valence-electron chi connectivity index (χ4n) is 3.15. The fraction of sp³-hybridized carbons (Fsp3) is 0.737. The van der Waals surface area contributed by atoms with E-state index in [2.05, 4.69) is 14.9 Å². The highest BCUT2D eigenvalue weighted by Gasteiger charge is 2.35. The van der Waals surface area contributed by atoms with Crippen LogP contribution in [0.1, 0.15) is 58.0 Å². The van der Waals surface area contributed by atoms with Gasteiger partial charge in [0.05, 0.1) is 5.84 Å². The summed E-state index contributed by atoms with van der Waals surface area (Å²) in [6, 6.07) is 1.07. The van der Waals surface area contributed by atoms with Crippen molar-refractivity contribution >= 4 is 11.7 Å². The molecule has 0 radical (unpaired) electrons. The van der Waals surface area contributed by atoms with E-state index in [4.69, 9.17) is 11.1 Å². The van der Waals surface area contributed by atoms with Crippen molar-refractivity contribution in [1.82, 2.24) is 14.9 Å². The van der Waals surface area contributed by atoms with Crippen molar-refractivity contribution < 1.29 is 13.2 Å². The number of hydrogen-bond donors (Lipinski definition) is 2. The highest BCUT2D eigenvalue weighted by Crippen LogP contribution is 2.32. The SMILES string of the molecule is CC(C)(C)c1nc(N2CCCN(CCCCC(=N)N)CC2)cc(C(F)(F)F)n1. The first-order valence-electron chi connectivity index (χ1n) is 9.74. The number of rotatable bonds is 6. The quantitative estimate of drug-likeness (QED) is 0.434. The van der Waals surface area contributed by atoms with Gasteiger partial charge in [0.1, 0.15) is 17.3 Å². The van der Waals surface area contributed by atoms with Gasteiger partial charge < -0.3 is 15.5 Å². The molecule has 0 atom stereocenters. The van der Waals surface area contributed by atoms with E-state index in [-0.39, 0.29) is 11.7 Å². The maximum absolute atomic E-state index is 13.3. The zero-order valence-electron chi connectivity index (χ0n) is 16.9. The van der Waals surface area contributed by atoms with Gasteiger partial charge in [-0.1, -0.05) is 20.8 Å². The zero-order chi connectivity index (χ0) is 20.9. The summed E-state index contributed by atoms with van der Waals surface area (Å²) in [5.74, 6) is 0.772. The number of halogens is 3. The summed E-state index contributed by atoms with van der Waals surface area (Å²) in [7, 11) is 0. The van der Waals surface area contributed by atoms with Crippen LogP contribution in [0.25, 0.3) is 0 Å². The van der Waals surface area contributed by atoms with Gasteiger partial charge in [0.15, 0.2) is 0 Å². The molecule has 3 N–H and O–H groups in total. The average Bonchev–Trinajstić information content (AvgIpc) is 2.82. The Balaban J connectivity index is 2.09. The molecule has 1 saturated heterocycles. The first kappa shape index (κ1) is 22.4. The van der Waals surface area contributed by atoms with Crippen LogP contribution in [0.5, 0.6) is 0 Å². The van der Waals surface area contributed by atoms with Gasteiger partial charge in [0, 0.05) is 37.5 Å². The van der Waals surface area contributed by atoms with Crippen LogP contribution in [0.2, 0.25) is 0 Å². The van der Waals surface area contributed by atoms with Crippen LogP contribution in [-0.4, -0.2) is 53.4 Å². The average molecular weight is 400 g/mol. The molecule has 0 spiro atoms. The minimum atomic E-state index is -4.49. The number of aromatic nitrogens is 2. The van der Waals surface area contributed by atoms with Crippen molar-refractivity contribution in [3.8, 4) is 0 Å². The van der Waals surface area contributed by atoms with Gasteiger partial charge in [-0.05, 0) is 32.4 Å². The Kier molecular flexibility index (Phi) is 7.25. The third-order valence-corrected chi connectivity index (χ3v) is 4.76. The number of hydrogen-bond acceptors (Lipinski definition) is 5. The summed E-state index contributed by atoms with van der Waals surface area (Å²) in [6.07, 6.45) is -1.18. The van der Waals surface area contributed by atoms with Crippen molar-refractivity contribution in [2.24, 2.45) is 5.73 Å². The number of unbranched alkanes of at least 4 members (excludes halogenated alkanes) is 1. The van der Waals surface area contributed by atoms with Gasteiger partial charge in [0.25, 0.3) is 0 Å². The molecular formula is C19H31F3N6. The number of nitrogens with two attached hydrogens (primary N) is 1. The maximum Gasteiger partial charge on any atom is 0.433 e. The molecule has 158 valence electrons. The van der Waals surface area contributed by atoms with E-state index >= 15 is 0 Å². The molecule has 1 aliphatic heterocycles. The summed E-state index contributed by atoms with van der Waals surface area (Å²) >= 11 is 0. The second-order valence-electron chi connectivity index (χ2n) is 8.35. The van der Waals surface area contributed by atoms with Gasteiger partial charge in [-0.15, -0.1) is 0 Å². The van der Waals surface area contributed by atoms with Crippen molar-refractivity contribution in [2.75, 3.05) is 37.6 Å². The van der Waals surface area contributed by atoms with E-state index in [1.165, 1.54) is 0 Å². The molecule has 0 aliphatic carbocycles. The van der Waals surface area contributed by atoms with Crippen LogP contribution in [-0.2, 0) is 11.6 Å². The normalized spacial score (nSPS) is 16.9. The third-order valence-electron chi connectivity index (χ3n) is 4.76. The predicted octanol–water partition coefficient (Wildman–Crippen LogP) is 3.41. The highest BCUT2D eigenvalue weighted by atomic mass is 19.4. The number of alkyl halides is 3. The van der Waals surface area contributed by atoms with Gasteiger partial charge >= 0.3 is 6.18 Å². The van der Waals surface area contributed by atoms with Crippen LogP contribution in [0.4, 0.5) is 19.0 Å². The van der Waals surface area contributed by atoms with E-state index < -0.39 is 17.3 Å². The van der Waals surface area contributed by atoms with Crippen LogP contribution < -0.4 is 10.6 Å². The van der Waals surface area contributed by atoms with Crippen LogP contribution in [0, 0.1) is 5.41 Å². The Bertz CT molecular complexity index is 636. The molecular weight excluding hydrogens is 369 g/mol. The Morgan fingerprint density at radius 1 is 1.11 bits per heavy atom. The fourth-order valence-corrected chi connectivity index (χ4v) is 3.15. The zero-order valence-corrected chi connectivity index (χ0v) is 16.9. The molecule has 1 aromatic rings. The lowest BCUT2D eigenvalue weighted by atomic mass is 9.95. The molecule has 2 heterocycles. The Morgan fingerprint density at radius 3 is 2.43 bits per heavy atom. The van der Waals surface area contributed by atoms with E-state index in [0.29, 0.717) is 25.3 Å². The molecule has 2 rings (SSSR count). The standard InChI is InChI=1S/C19H31F3N6/c1-18(2,3)17-25-14(19(20,21)22)13-16(26-17)28-10-6-9-27(11-12-28)8-5-4-7-15(23)24/h13H,4-12H2,1-3H3,(H3,23,24). The van der Waals surface area contributed by atoms with Crippen molar-refractivity contribution in [1.29, 1.82) is 5.41 Å². The lowest BCUT2D eigenvalue weighted by Gasteiger charge is -2.26. The first-order chi connectivity index (χ1) is 13.0. The van der Waals surface area contributed by atoms with Crippen molar-refractivity contribution in [3.05, 3.63) is 17.6 Å². The number of nitrogens with zero attached hydrogens (tertiary/aromatic N) is 4. The summed E-state index contributed by atoms with van der Waals surface area (Å²) in [5, 5.41) is 7.26. The molecule has 0 bridgehead atoms. The lowest BCUT2D eigenvalue weighted by Crippen LogP contribution is -2.33. The first-order valence-corrected chi connectivity index (χ1v) is 9.74. The Morgan fingerprint density at radius 2 is 1.82 bits per heavy atom. The molecule has 0 amide bonds. The smallest absolute Gasteiger partial charge is 0.388 e. The van der Waals surface area contributed by atoms with Gasteiger partial charge in [0.2, 0.25) is 0 Å². The summed E-state index contributed by atoms with van der Waals surface area (Å²) < 4.78 is 40.0. The Labute approximate surface area is 164 Å². The Hall–Kier alpha value is -1.90. The maximum atomic E-state index is 13.3. The summed E-state index contributed by atoms with van der Waals surface area (Å²) in [6.45, 7) is 9.33. The predicted molar refractivity (Wildman–Crippen MR) is 105 cm³/mol. The van der Waals surface area contributed by atoms with E-state index in [1.807, 2.05) is 25.7 Å². The van der Waals surface area contributed by atoms with Crippen molar-refractivity contribution in [3.63, 3.8) is 0 Å². The molecule has 6 nitrogen and oxygen atoms in total. The molecule has 1 aromatic heterocycles. The van der Waals surface area contributed by atoms with E-state index in [1.54, 1.807) is 0 Å². The van der Waals surface area contributed by atoms with Gasteiger partial charge in [-0.3, -0.25) is 5.41 Å². The van der Waals surface area contributed by atoms with Gasteiger partial charge in [-0.2, -0.15) is 13.2 Å². The second-order valence-corrected chi connectivity index (χ2v) is 8.35. The van der Waals surface area contributed by atoms with E-state index in [9.17, 15) is 13.2 Å².